The van der Waals surface area contributed by atoms with Gasteiger partial charge in [0.1, 0.15) is 0 Å². The van der Waals surface area contributed by atoms with Crippen LogP contribution in [0.15, 0.2) is 91.1 Å². The standard InChI is InChI=1S/C27H23N3O2/c1-19-7-2-4-10-24(19)26(31)28-22-14-12-20(13-15-22)27(32)30-18-23-9-6-16-29(23)17-21-8-3-5-11-25(21)30/h2-16H,17-18H2,1H3,(H,28,31). The van der Waals surface area contributed by atoms with Gasteiger partial charge in [-0.25, -0.2) is 0 Å². The molecule has 1 aliphatic heterocycles. The second-order valence-corrected chi connectivity index (χ2v) is 7.99. The predicted molar refractivity (Wildman–Crippen MR) is 126 cm³/mol. The van der Waals surface area contributed by atoms with Gasteiger partial charge in [0.2, 0.25) is 0 Å². The smallest absolute Gasteiger partial charge is 0.258 e. The molecular weight excluding hydrogens is 398 g/mol. The number of hydrogen-bond acceptors (Lipinski definition) is 2. The number of hydrogen-bond donors (Lipinski definition) is 1. The van der Waals surface area contributed by atoms with E-state index in [1.54, 1.807) is 30.3 Å². The lowest BCUT2D eigenvalue weighted by atomic mass is 10.1. The van der Waals surface area contributed by atoms with Crippen molar-refractivity contribution in [2.45, 2.75) is 20.0 Å². The molecule has 0 fully saturated rings. The number of benzene rings is 3. The van der Waals surface area contributed by atoms with Gasteiger partial charge in [0.15, 0.2) is 0 Å². The summed E-state index contributed by atoms with van der Waals surface area (Å²) in [6.07, 6.45) is 2.05. The van der Waals surface area contributed by atoms with Crippen molar-refractivity contribution in [2.75, 3.05) is 10.2 Å². The van der Waals surface area contributed by atoms with Gasteiger partial charge in [-0.2, -0.15) is 0 Å². The highest BCUT2D eigenvalue weighted by atomic mass is 16.2. The van der Waals surface area contributed by atoms with E-state index in [9.17, 15) is 9.59 Å². The molecule has 0 atom stereocenters. The summed E-state index contributed by atoms with van der Waals surface area (Å²) < 4.78 is 2.18. The minimum Gasteiger partial charge on any atom is -0.345 e. The van der Waals surface area contributed by atoms with E-state index in [2.05, 4.69) is 22.0 Å². The summed E-state index contributed by atoms with van der Waals surface area (Å²) in [6.45, 7) is 3.16. The van der Waals surface area contributed by atoms with Crippen molar-refractivity contribution >= 4 is 23.2 Å². The van der Waals surface area contributed by atoms with Crippen LogP contribution in [-0.2, 0) is 13.1 Å². The maximum atomic E-state index is 13.5. The zero-order valence-electron chi connectivity index (χ0n) is 17.8. The normalized spacial score (nSPS) is 12.5. The highest BCUT2D eigenvalue weighted by molar-refractivity contribution is 6.08. The van der Waals surface area contributed by atoms with E-state index in [0.717, 1.165) is 29.1 Å². The molecule has 5 heteroatoms. The van der Waals surface area contributed by atoms with Gasteiger partial charge in [0, 0.05) is 40.9 Å². The molecule has 1 aliphatic rings. The fourth-order valence-electron chi connectivity index (χ4n) is 4.15. The Labute approximate surface area is 186 Å². The van der Waals surface area contributed by atoms with Crippen LogP contribution >= 0.6 is 0 Å². The number of carbonyl (C=O) groups is 2. The van der Waals surface area contributed by atoms with Gasteiger partial charge < -0.3 is 14.8 Å². The zero-order chi connectivity index (χ0) is 22.1. The van der Waals surface area contributed by atoms with Crippen LogP contribution in [-0.4, -0.2) is 16.4 Å². The molecule has 158 valence electrons. The Bertz CT molecular complexity index is 1300. The van der Waals surface area contributed by atoms with E-state index in [1.165, 1.54) is 0 Å². The molecule has 0 bridgehead atoms. The highest BCUT2D eigenvalue weighted by Gasteiger charge is 2.24. The Kier molecular flexibility index (Phi) is 5.07. The summed E-state index contributed by atoms with van der Waals surface area (Å²) >= 11 is 0. The Morgan fingerprint density at radius 3 is 2.38 bits per heavy atom. The first kappa shape index (κ1) is 19.8. The van der Waals surface area contributed by atoms with Gasteiger partial charge in [0.25, 0.3) is 11.8 Å². The Balaban J connectivity index is 1.39. The first-order valence-electron chi connectivity index (χ1n) is 10.6. The number of aryl methyl sites for hydroxylation is 1. The summed E-state index contributed by atoms with van der Waals surface area (Å²) in [4.78, 5) is 27.9. The van der Waals surface area contributed by atoms with E-state index in [4.69, 9.17) is 0 Å². The molecule has 1 aromatic heterocycles. The lowest BCUT2D eigenvalue weighted by Gasteiger charge is -2.23. The Morgan fingerprint density at radius 2 is 1.56 bits per heavy atom. The maximum absolute atomic E-state index is 13.5. The average molecular weight is 422 g/mol. The number of para-hydroxylation sites is 1. The van der Waals surface area contributed by atoms with E-state index >= 15 is 0 Å². The van der Waals surface area contributed by atoms with Crippen LogP contribution in [0.5, 0.6) is 0 Å². The lowest BCUT2D eigenvalue weighted by Crippen LogP contribution is -2.30. The number of fused-ring (bicyclic) bond motifs is 2. The Morgan fingerprint density at radius 1 is 0.812 bits per heavy atom. The molecule has 5 nitrogen and oxygen atoms in total. The molecule has 1 N–H and O–H groups in total. The minimum absolute atomic E-state index is 0.0659. The number of anilines is 2. The number of rotatable bonds is 3. The quantitative estimate of drug-likeness (QED) is 0.491. The van der Waals surface area contributed by atoms with Crippen molar-refractivity contribution < 1.29 is 9.59 Å². The largest absolute Gasteiger partial charge is 0.345 e. The van der Waals surface area contributed by atoms with Gasteiger partial charge in [-0.05, 0) is 66.6 Å². The third-order valence-electron chi connectivity index (χ3n) is 5.89. The topological polar surface area (TPSA) is 54.3 Å². The van der Waals surface area contributed by atoms with Crippen LogP contribution in [0.25, 0.3) is 0 Å². The molecule has 0 aliphatic carbocycles. The van der Waals surface area contributed by atoms with E-state index < -0.39 is 0 Å². The van der Waals surface area contributed by atoms with E-state index in [1.807, 2.05) is 60.5 Å². The van der Waals surface area contributed by atoms with Crippen molar-refractivity contribution in [3.05, 3.63) is 119 Å². The van der Waals surface area contributed by atoms with Crippen molar-refractivity contribution in [1.29, 1.82) is 0 Å². The Hall–Kier alpha value is -4.12. The molecule has 0 saturated heterocycles. The third kappa shape index (κ3) is 3.69. The number of nitrogens with one attached hydrogen (secondary N) is 1. The monoisotopic (exact) mass is 421 g/mol. The SMILES string of the molecule is Cc1ccccc1C(=O)Nc1ccc(C(=O)N2Cc3cccn3Cc3ccccc32)cc1. The summed E-state index contributed by atoms with van der Waals surface area (Å²) in [6, 6.07) is 26.6. The first-order chi connectivity index (χ1) is 15.6. The van der Waals surface area contributed by atoms with Crippen LogP contribution < -0.4 is 10.2 Å². The van der Waals surface area contributed by atoms with Crippen LogP contribution in [0.4, 0.5) is 11.4 Å². The maximum Gasteiger partial charge on any atom is 0.258 e. The summed E-state index contributed by atoms with van der Waals surface area (Å²) in [5, 5.41) is 2.91. The molecule has 0 spiro atoms. The molecule has 0 saturated carbocycles. The molecule has 5 rings (SSSR count). The van der Waals surface area contributed by atoms with Crippen LogP contribution in [0.2, 0.25) is 0 Å². The fourth-order valence-corrected chi connectivity index (χ4v) is 4.15. The molecule has 2 amide bonds. The van der Waals surface area contributed by atoms with E-state index in [-0.39, 0.29) is 11.8 Å². The van der Waals surface area contributed by atoms with Crippen LogP contribution in [0, 0.1) is 6.92 Å². The highest BCUT2D eigenvalue weighted by Crippen LogP contribution is 2.29. The van der Waals surface area contributed by atoms with Gasteiger partial charge in [-0.15, -0.1) is 0 Å². The van der Waals surface area contributed by atoms with Crippen molar-refractivity contribution in [3.63, 3.8) is 0 Å². The number of nitrogens with zero attached hydrogens (tertiary/aromatic N) is 2. The number of aromatic nitrogens is 1. The van der Waals surface area contributed by atoms with Crippen molar-refractivity contribution in [2.24, 2.45) is 0 Å². The predicted octanol–water partition coefficient (Wildman–Crippen LogP) is 5.26. The van der Waals surface area contributed by atoms with Gasteiger partial charge in [-0.3, -0.25) is 9.59 Å². The minimum atomic E-state index is -0.163. The van der Waals surface area contributed by atoms with Crippen molar-refractivity contribution in [1.82, 2.24) is 4.57 Å². The zero-order valence-corrected chi connectivity index (χ0v) is 17.8. The second-order valence-electron chi connectivity index (χ2n) is 7.99. The summed E-state index contributed by atoms with van der Waals surface area (Å²) in [5.74, 6) is -0.228. The molecule has 4 aromatic rings. The summed E-state index contributed by atoms with van der Waals surface area (Å²) in [7, 11) is 0. The first-order valence-corrected chi connectivity index (χ1v) is 10.6. The molecule has 32 heavy (non-hydrogen) atoms. The molecular formula is C27H23N3O2. The van der Waals surface area contributed by atoms with Crippen LogP contribution in [0.1, 0.15) is 37.5 Å². The molecule has 2 heterocycles. The van der Waals surface area contributed by atoms with E-state index in [0.29, 0.717) is 23.4 Å². The molecule has 3 aromatic carbocycles. The molecule has 0 radical (unpaired) electrons. The van der Waals surface area contributed by atoms with Crippen molar-refractivity contribution in [3.8, 4) is 0 Å². The van der Waals surface area contributed by atoms with Gasteiger partial charge >= 0.3 is 0 Å². The number of amides is 2. The van der Waals surface area contributed by atoms with Crippen LogP contribution in [0.3, 0.4) is 0 Å². The number of carbonyl (C=O) groups excluding carboxylic acids is 2. The third-order valence-corrected chi connectivity index (χ3v) is 5.89. The average Bonchev–Trinajstić information content (AvgIpc) is 3.18. The molecule has 0 unspecified atom stereocenters. The summed E-state index contributed by atoms with van der Waals surface area (Å²) in [5.41, 5.74) is 5.92. The van der Waals surface area contributed by atoms with Gasteiger partial charge in [-0.1, -0.05) is 36.4 Å². The fraction of sp³-hybridized carbons (Fsp3) is 0.111. The van der Waals surface area contributed by atoms with Gasteiger partial charge in [0.05, 0.1) is 6.54 Å². The lowest BCUT2D eigenvalue weighted by molar-refractivity contribution is 0.0983. The second kappa shape index (κ2) is 8.19.